The van der Waals surface area contributed by atoms with Crippen molar-refractivity contribution in [2.75, 3.05) is 20.1 Å². The summed E-state index contributed by atoms with van der Waals surface area (Å²) < 4.78 is 32.4. The van der Waals surface area contributed by atoms with E-state index in [-0.39, 0.29) is 4.90 Å². The lowest BCUT2D eigenvalue weighted by atomic mass is 9.98. The predicted molar refractivity (Wildman–Crippen MR) is 94.6 cm³/mol. The van der Waals surface area contributed by atoms with Gasteiger partial charge in [-0.05, 0) is 31.5 Å². The zero-order chi connectivity index (χ0) is 17.8. The van der Waals surface area contributed by atoms with Crippen LogP contribution in [0, 0.1) is 6.92 Å². The number of rotatable bonds is 2. The van der Waals surface area contributed by atoms with E-state index in [9.17, 15) is 13.0 Å². The molecule has 2 aromatic rings. The minimum atomic E-state index is -4.27. The van der Waals surface area contributed by atoms with E-state index in [1.807, 2.05) is 6.92 Å². The van der Waals surface area contributed by atoms with Crippen molar-refractivity contribution in [3.63, 3.8) is 0 Å². The molecule has 130 valence electrons. The molecule has 1 aliphatic heterocycles. The maximum atomic E-state index is 10.4. The van der Waals surface area contributed by atoms with Crippen LogP contribution >= 0.6 is 0 Å². The molecular formula is C19H25NO3S. The Labute approximate surface area is 145 Å². The first-order valence-electron chi connectivity index (χ1n) is 8.16. The van der Waals surface area contributed by atoms with Crippen LogP contribution in [0.1, 0.15) is 23.6 Å². The topological polar surface area (TPSA) is 57.2 Å². The lowest BCUT2D eigenvalue weighted by Crippen LogP contribution is -2.47. The Hall–Kier alpha value is -1.69. The predicted octanol–water partition coefficient (Wildman–Crippen LogP) is 3.11. The van der Waals surface area contributed by atoms with Gasteiger partial charge in [-0.1, -0.05) is 42.0 Å². The van der Waals surface area contributed by atoms with Gasteiger partial charge in [0.25, 0.3) is 0 Å². The molecule has 1 atom stereocenters. The Morgan fingerprint density at radius 2 is 1.62 bits per heavy atom. The van der Waals surface area contributed by atoms with E-state index in [2.05, 4.69) is 38.2 Å². The summed E-state index contributed by atoms with van der Waals surface area (Å²) in [7, 11) is -1.91. The van der Waals surface area contributed by atoms with E-state index in [0.717, 1.165) is 5.56 Å². The molecular weight excluding hydrogens is 322 g/mol. The van der Waals surface area contributed by atoms with E-state index in [4.69, 9.17) is 0 Å². The molecule has 0 saturated heterocycles. The average molecular weight is 347 g/mol. The molecule has 0 fully saturated rings. The summed E-state index contributed by atoms with van der Waals surface area (Å²) in [5.74, 6) is 0. The molecule has 1 unspecified atom stereocenters. The Kier molecular flexibility index (Phi) is 5.80. The van der Waals surface area contributed by atoms with Gasteiger partial charge >= 0.3 is 0 Å². The third-order valence-electron chi connectivity index (χ3n) is 4.66. The Balaban J connectivity index is 0.000000177. The van der Waals surface area contributed by atoms with Crippen molar-refractivity contribution in [1.82, 2.24) is 0 Å². The van der Waals surface area contributed by atoms with Crippen LogP contribution in [0.15, 0.2) is 53.4 Å². The molecule has 0 radical (unpaired) electrons. The molecule has 24 heavy (non-hydrogen) atoms. The number of benzene rings is 2. The second kappa shape index (κ2) is 7.47. The Bertz CT molecular complexity index is 785. The van der Waals surface area contributed by atoms with Crippen LogP contribution in [-0.2, 0) is 23.1 Å². The van der Waals surface area contributed by atoms with Gasteiger partial charge in [0, 0.05) is 12.0 Å². The highest BCUT2D eigenvalue weighted by Crippen LogP contribution is 2.22. The van der Waals surface area contributed by atoms with E-state index < -0.39 is 10.1 Å². The van der Waals surface area contributed by atoms with E-state index in [1.54, 1.807) is 23.3 Å². The van der Waals surface area contributed by atoms with Crippen LogP contribution in [0.25, 0.3) is 0 Å². The zero-order valence-corrected chi connectivity index (χ0v) is 15.3. The number of hydrogen-bond acceptors (Lipinski definition) is 3. The summed E-state index contributed by atoms with van der Waals surface area (Å²) in [4.78, 5) is -0.178. The van der Waals surface area contributed by atoms with Crippen LogP contribution < -0.4 is 0 Å². The summed E-state index contributed by atoms with van der Waals surface area (Å²) in [5, 5.41) is 0. The monoisotopic (exact) mass is 347 g/mol. The van der Waals surface area contributed by atoms with Gasteiger partial charge in [0.15, 0.2) is 0 Å². The third kappa shape index (κ3) is 4.90. The Morgan fingerprint density at radius 1 is 1.04 bits per heavy atom. The second-order valence-electron chi connectivity index (χ2n) is 6.60. The molecule has 5 heteroatoms. The number of quaternary nitrogens is 1. The highest BCUT2D eigenvalue weighted by Gasteiger charge is 2.25. The number of hydrogen-bond donors (Lipinski definition) is 0. The van der Waals surface area contributed by atoms with Crippen molar-refractivity contribution in [1.29, 1.82) is 0 Å². The summed E-state index contributed by atoms with van der Waals surface area (Å²) in [6, 6.07) is 14.6. The highest BCUT2D eigenvalue weighted by molar-refractivity contribution is 7.85. The quantitative estimate of drug-likeness (QED) is 0.619. The molecule has 0 spiro atoms. The minimum Gasteiger partial charge on any atom is -0.744 e. The maximum Gasteiger partial charge on any atom is 0.124 e. The molecule has 2 aromatic carbocycles. The SMILES string of the molecule is CC[N+]1(C)CCc2ccccc2C1.Cc1ccc(S(=O)(=O)[O-])cc1. The van der Waals surface area contributed by atoms with Crippen molar-refractivity contribution in [3.05, 3.63) is 65.2 Å². The molecule has 3 rings (SSSR count). The summed E-state index contributed by atoms with van der Waals surface area (Å²) in [6.07, 6.45) is 1.25. The van der Waals surface area contributed by atoms with E-state index in [1.165, 1.54) is 42.7 Å². The molecule has 0 saturated carbocycles. The molecule has 4 nitrogen and oxygen atoms in total. The molecule has 0 aliphatic carbocycles. The lowest BCUT2D eigenvalue weighted by molar-refractivity contribution is -0.922. The van der Waals surface area contributed by atoms with Crippen LogP contribution in [0.4, 0.5) is 0 Å². The van der Waals surface area contributed by atoms with Crippen LogP contribution in [0.3, 0.4) is 0 Å². The molecule has 1 aliphatic rings. The molecule has 0 bridgehead atoms. The second-order valence-corrected chi connectivity index (χ2v) is 7.98. The summed E-state index contributed by atoms with van der Waals surface area (Å²) >= 11 is 0. The van der Waals surface area contributed by atoms with Gasteiger partial charge < -0.3 is 9.04 Å². The van der Waals surface area contributed by atoms with Crippen LogP contribution in [-0.4, -0.2) is 37.6 Å². The normalized spacial score (nSPS) is 19.8. The van der Waals surface area contributed by atoms with Crippen LogP contribution in [0.5, 0.6) is 0 Å². The first-order chi connectivity index (χ1) is 11.2. The van der Waals surface area contributed by atoms with Crippen molar-refractivity contribution in [2.24, 2.45) is 0 Å². The van der Waals surface area contributed by atoms with E-state index >= 15 is 0 Å². The molecule has 0 aromatic heterocycles. The van der Waals surface area contributed by atoms with Crippen LogP contribution in [0.2, 0.25) is 0 Å². The van der Waals surface area contributed by atoms with E-state index in [0.29, 0.717) is 0 Å². The highest BCUT2D eigenvalue weighted by atomic mass is 32.2. The number of aryl methyl sites for hydroxylation is 1. The fraction of sp³-hybridized carbons (Fsp3) is 0.368. The molecule has 0 N–H and O–H groups in total. The lowest BCUT2D eigenvalue weighted by Gasteiger charge is -2.37. The third-order valence-corrected chi connectivity index (χ3v) is 5.51. The van der Waals surface area contributed by atoms with Gasteiger partial charge in [0.05, 0.1) is 25.0 Å². The van der Waals surface area contributed by atoms with Gasteiger partial charge in [0.1, 0.15) is 16.7 Å². The van der Waals surface area contributed by atoms with Gasteiger partial charge in [-0.2, -0.15) is 0 Å². The standard InChI is InChI=1S/C12H18N.C7H8O3S/c1-3-13(2)9-8-11-6-4-5-7-12(11)10-13;1-6-2-4-7(5-3-6)11(8,9)10/h4-7H,3,8-10H2,1-2H3;2-5H,1H3,(H,8,9,10)/q+1;/p-1. The van der Waals surface area contributed by atoms with Gasteiger partial charge in [-0.15, -0.1) is 0 Å². The largest absolute Gasteiger partial charge is 0.744 e. The first-order valence-corrected chi connectivity index (χ1v) is 9.57. The first kappa shape index (κ1) is 18.6. The fourth-order valence-electron chi connectivity index (χ4n) is 2.81. The minimum absolute atomic E-state index is 0.178. The fourth-order valence-corrected chi connectivity index (χ4v) is 3.28. The Morgan fingerprint density at radius 3 is 2.17 bits per heavy atom. The number of fused-ring (bicyclic) bond motifs is 1. The van der Waals surface area contributed by atoms with Crippen molar-refractivity contribution < 1.29 is 17.5 Å². The molecule has 0 amide bonds. The van der Waals surface area contributed by atoms with Gasteiger partial charge in [0.2, 0.25) is 0 Å². The summed E-state index contributed by atoms with van der Waals surface area (Å²) in [5.41, 5.74) is 4.04. The number of likely N-dealkylation sites (N-methyl/N-ethyl adjacent to an activating group) is 1. The molecule has 1 heterocycles. The zero-order valence-electron chi connectivity index (χ0n) is 14.5. The van der Waals surface area contributed by atoms with Crippen molar-refractivity contribution in [2.45, 2.75) is 31.7 Å². The van der Waals surface area contributed by atoms with Gasteiger partial charge in [-0.25, -0.2) is 8.42 Å². The maximum absolute atomic E-state index is 10.4. The smallest absolute Gasteiger partial charge is 0.124 e. The van der Waals surface area contributed by atoms with Crippen molar-refractivity contribution >= 4 is 10.1 Å². The average Bonchev–Trinajstić information content (AvgIpc) is 2.55. The van der Waals surface area contributed by atoms with Gasteiger partial charge in [-0.3, -0.25) is 0 Å². The van der Waals surface area contributed by atoms with Crippen molar-refractivity contribution in [3.8, 4) is 0 Å². The summed E-state index contributed by atoms with van der Waals surface area (Å²) in [6.45, 7) is 7.86. The number of nitrogens with zero attached hydrogens (tertiary/aromatic N) is 1.